The van der Waals surface area contributed by atoms with Gasteiger partial charge in [0.05, 0.1) is 35.7 Å². The number of pyridine rings is 2. The standard InChI is InChI=1S/C34H35FN6O3/c1-21(2)17-38-33(43)26-7-5-6-24(15-26)31-11-9-29(39-32(42)22(3)36-4)34(44)41(31)20-23-14-28(19-37-18-23)40-13-12-25-16-27(35)8-10-30(25)40/h5-16,18-19,21-22,36H,17,20H2,1-4H3,(H,38,43)(H,39,42). The van der Waals surface area contributed by atoms with E-state index in [4.69, 9.17) is 0 Å². The number of aromatic nitrogens is 3. The van der Waals surface area contributed by atoms with E-state index in [2.05, 4.69) is 20.9 Å². The number of hydrogen-bond acceptors (Lipinski definition) is 5. The molecule has 0 saturated heterocycles. The molecule has 226 valence electrons. The molecule has 5 rings (SSSR count). The molecule has 9 nitrogen and oxygen atoms in total. The molecule has 44 heavy (non-hydrogen) atoms. The zero-order chi connectivity index (χ0) is 31.4. The van der Waals surface area contributed by atoms with Crippen LogP contribution in [0.15, 0.2) is 90.1 Å². The van der Waals surface area contributed by atoms with E-state index in [0.29, 0.717) is 29.3 Å². The Balaban J connectivity index is 1.56. The number of amides is 2. The molecule has 0 bridgehead atoms. The quantitative estimate of drug-likeness (QED) is 0.212. The number of carbonyl (C=O) groups is 2. The van der Waals surface area contributed by atoms with Gasteiger partial charge in [-0.05, 0) is 85.6 Å². The lowest BCUT2D eigenvalue weighted by Gasteiger charge is -2.18. The fourth-order valence-electron chi connectivity index (χ4n) is 4.89. The van der Waals surface area contributed by atoms with Crippen molar-refractivity contribution in [2.45, 2.75) is 33.4 Å². The summed E-state index contributed by atoms with van der Waals surface area (Å²) >= 11 is 0. The Bertz CT molecular complexity index is 1890. The molecule has 2 amide bonds. The van der Waals surface area contributed by atoms with Crippen LogP contribution in [0.2, 0.25) is 0 Å². The molecule has 0 aliphatic rings. The van der Waals surface area contributed by atoms with Gasteiger partial charge >= 0.3 is 0 Å². The van der Waals surface area contributed by atoms with E-state index in [1.54, 1.807) is 67.3 Å². The average molecular weight is 595 g/mol. The SMILES string of the molecule is CNC(C)C(=O)Nc1ccc(-c2cccc(C(=O)NCC(C)C)c2)n(Cc2cncc(-n3ccc4cc(F)ccc43)c2)c1=O. The van der Waals surface area contributed by atoms with Crippen LogP contribution in [-0.4, -0.2) is 45.6 Å². The topological polar surface area (TPSA) is 110 Å². The minimum atomic E-state index is -0.505. The summed E-state index contributed by atoms with van der Waals surface area (Å²) in [6.45, 7) is 6.43. The molecular weight excluding hydrogens is 559 g/mol. The van der Waals surface area contributed by atoms with Gasteiger partial charge in [0.2, 0.25) is 5.91 Å². The number of anilines is 1. The highest BCUT2D eigenvalue weighted by Gasteiger charge is 2.18. The minimum Gasteiger partial charge on any atom is -0.352 e. The summed E-state index contributed by atoms with van der Waals surface area (Å²) in [6, 6.07) is 18.3. The molecule has 0 fully saturated rings. The van der Waals surface area contributed by atoms with E-state index >= 15 is 0 Å². The Kier molecular flexibility index (Phi) is 9.01. The van der Waals surface area contributed by atoms with Crippen molar-refractivity contribution in [2.24, 2.45) is 5.92 Å². The first-order valence-electron chi connectivity index (χ1n) is 14.5. The van der Waals surface area contributed by atoms with Gasteiger partial charge < -0.3 is 25.1 Å². The van der Waals surface area contributed by atoms with Gasteiger partial charge in [-0.2, -0.15) is 0 Å². The summed E-state index contributed by atoms with van der Waals surface area (Å²) < 4.78 is 17.3. The number of fused-ring (bicyclic) bond motifs is 1. The van der Waals surface area contributed by atoms with Gasteiger partial charge in [0.25, 0.3) is 11.5 Å². The summed E-state index contributed by atoms with van der Waals surface area (Å²) in [7, 11) is 1.67. The Morgan fingerprint density at radius 2 is 1.80 bits per heavy atom. The molecule has 0 radical (unpaired) electrons. The Hall–Kier alpha value is -5.09. The van der Waals surface area contributed by atoms with Crippen LogP contribution < -0.4 is 21.5 Å². The van der Waals surface area contributed by atoms with Crippen LogP contribution in [0.5, 0.6) is 0 Å². The monoisotopic (exact) mass is 594 g/mol. The maximum Gasteiger partial charge on any atom is 0.275 e. The lowest BCUT2D eigenvalue weighted by Crippen LogP contribution is -2.37. The normalized spacial score (nSPS) is 12.0. The molecule has 10 heteroatoms. The molecule has 1 atom stereocenters. The molecular formula is C34H35FN6O3. The van der Waals surface area contributed by atoms with Gasteiger partial charge in [-0.1, -0.05) is 26.0 Å². The van der Waals surface area contributed by atoms with E-state index < -0.39 is 11.6 Å². The van der Waals surface area contributed by atoms with Crippen molar-refractivity contribution in [1.82, 2.24) is 24.8 Å². The number of likely N-dealkylation sites (N-methyl/N-ethyl adjacent to an activating group) is 1. The third-order valence-corrected chi connectivity index (χ3v) is 7.40. The van der Waals surface area contributed by atoms with Crippen LogP contribution >= 0.6 is 0 Å². The fraction of sp³-hybridized carbons (Fsp3) is 0.235. The predicted molar refractivity (Wildman–Crippen MR) is 171 cm³/mol. The average Bonchev–Trinajstić information content (AvgIpc) is 3.44. The molecule has 0 spiro atoms. The highest BCUT2D eigenvalue weighted by Crippen LogP contribution is 2.24. The second-order valence-electron chi connectivity index (χ2n) is 11.1. The second-order valence-corrected chi connectivity index (χ2v) is 11.1. The second kappa shape index (κ2) is 13.0. The van der Waals surface area contributed by atoms with Crippen molar-refractivity contribution in [1.29, 1.82) is 0 Å². The molecule has 0 saturated carbocycles. The maximum atomic E-state index is 13.9. The van der Waals surface area contributed by atoms with Crippen molar-refractivity contribution < 1.29 is 14.0 Å². The van der Waals surface area contributed by atoms with Crippen LogP contribution in [0.4, 0.5) is 10.1 Å². The van der Waals surface area contributed by atoms with Crippen LogP contribution in [-0.2, 0) is 11.3 Å². The van der Waals surface area contributed by atoms with Gasteiger partial charge in [-0.15, -0.1) is 0 Å². The Morgan fingerprint density at radius 1 is 0.977 bits per heavy atom. The Labute approximate surface area is 254 Å². The van der Waals surface area contributed by atoms with Gasteiger partial charge in [-0.3, -0.25) is 19.4 Å². The number of nitrogens with zero attached hydrogens (tertiary/aromatic N) is 3. The smallest absolute Gasteiger partial charge is 0.275 e. The molecule has 3 aromatic heterocycles. The third kappa shape index (κ3) is 6.60. The van der Waals surface area contributed by atoms with E-state index in [-0.39, 0.29) is 29.9 Å². The minimum absolute atomic E-state index is 0.134. The summed E-state index contributed by atoms with van der Waals surface area (Å²) in [5, 5.41) is 9.29. The highest BCUT2D eigenvalue weighted by atomic mass is 19.1. The molecule has 1 unspecified atom stereocenters. The number of benzene rings is 2. The number of rotatable bonds is 10. The van der Waals surface area contributed by atoms with Crippen LogP contribution in [0.25, 0.3) is 27.8 Å². The molecule has 0 aliphatic carbocycles. The zero-order valence-corrected chi connectivity index (χ0v) is 25.1. The first kappa shape index (κ1) is 30.4. The van der Waals surface area contributed by atoms with Crippen LogP contribution in [0, 0.1) is 11.7 Å². The summed E-state index contributed by atoms with van der Waals surface area (Å²) in [5.41, 5.74) is 3.74. The zero-order valence-electron chi connectivity index (χ0n) is 25.1. The first-order valence-corrected chi connectivity index (χ1v) is 14.5. The maximum absolute atomic E-state index is 13.9. The first-order chi connectivity index (χ1) is 21.1. The van der Waals surface area contributed by atoms with E-state index in [1.807, 2.05) is 42.8 Å². The van der Waals surface area contributed by atoms with E-state index in [1.165, 1.54) is 12.1 Å². The van der Waals surface area contributed by atoms with Crippen molar-refractivity contribution in [3.63, 3.8) is 0 Å². The predicted octanol–water partition coefficient (Wildman–Crippen LogP) is 4.97. The molecule has 2 aromatic carbocycles. The Morgan fingerprint density at radius 3 is 2.57 bits per heavy atom. The summed E-state index contributed by atoms with van der Waals surface area (Å²) in [6.07, 6.45) is 5.22. The van der Waals surface area contributed by atoms with Crippen molar-refractivity contribution in [3.8, 4) is 16.9 Å². The summed E-state index contributed by atoms with van der Waals surface area (Å²) in [4.78, 5) is 43.8. The highest BCUT2D eigenvalue weighted by molar-refractivity contribution is 5.96. The van der Waals surface area contributed by atoms with Crippen LogP contribution in [0.3, 0.4) is 0 Å². The molecule has 5 aromatic rings. The van der Waals surface area contributed by atoms with E-state index in [9.17, 15) is 18.8 Å². The summed E-state index contributed by atoms with van der Waals surface area (Å²) in [5.74, 6) is -0.551. The lowest BCUT2D eigenvalue weighted by molar-refractivity contribution is -0.117. The van der Waals surface area contributed by atoms with Crippen molar-refractivity contribution in [3.05, 3.63) is 113 Å². The number of hydrogen-bond donors (Lipinski definition) is 3. The van der Waals surface area contributed by atoms with Crippen LogP contribution in [0.1, 0.15) is 36.7 Å². The van der Waals surface area contributed by atoms with Gasteiger partial charge in [-0.25, -0.2) is 4.39 Å². The molecule has 3 heterocycles. The number of halogens is 1. The largest absolute Gasteiger partial charge is 0.352 e. The lowest BCUT2D eigenvalue weighted by atomic mass is 10.1. The van der Waals surface area contributed by atoms with Crippen molar-refractivity contribution >= 4 is 28.4 Å². The number of nitrogens with one attached hydrogen (secondary N) is 3. The van der Waals surface area contributed by atoms with E-state index in [0.717, 1.165) is 22.2 Å². The molecule has 0 aliphatic heterocycles. The van der Waals surface area contributed by atoms with Crippen molar-refractivity contribution in [2.75, 3.05) is 18.9 Å². The fourth-order valence-corrected chi connectivity index (χ4v) is 4.89. The molecule has 3 N–H and O–H groups in total. The third-order valence-electron chi connectivity index (χ3n) is 7.40. The number of carbonyl (C=O) groups excluding carboxylic acids is 2. The van der Waals surface area contributed by atoms with Gasteiger partial charge in [0.15, 0.2) is 0 Å². The van der Waals surface area contributed by atoms with Gasteiger partial charge in [0.1, 0.15) is 11.5 Å². The van der Waals surface area contributed by atoms with Gasteiger partial charge in [0, 0.05) is 29.9 Å².